The number of H-pyrrole nitrogens is 1. The summed E-state index contributed by atoms with van der Waals surface area (Å²) in [5, 5.41) is 10.1. The van der Waals surface area contributed by atoms with Crippen LogP contribution in [0.25, 0.3) is 60.6 Å². The number of nitrogens with zero attached hydrogens (tertiary/aromatic N) is 5. The number of aromatic amines is 1. The Morgan fingerprint density at radius 2 is 1.56 bits per heavy atom. The van der Waals surface area contributed by atoms with E-state index in [1.807, 2.05) is 72.5 Å². The lowest BCUT2D eigenvalue weighted by Gasteiger charge is -2.32. The number of benzene rings is 4. The van der Waals surface area contributed by atoms with Gasteiger partial charge < -0.3 is 9.80 Å². The molecule has 9 heteroatoms. The average Bonchev–Trinajstić information content (AvgIpc) is 3.50. The molecule has 0 radical (unpaired) electrons. The predicted octanol–water partition coefficient (Wildman–Crippen LogP) is 6.91. The van der Waals surface area contributed by atoms with Crippen LogP contribution in [-0.2, 0) is 6.67 Å². The van der Waals surface area contributed by atoms with Gasteiger partial charge >= 0.3 is 0 Å². The average molecular weight is 637 g/mol. The van der Waals surface area contributed by atoms with E-state index in [4.69, 9.17) is 0 Å². The maximum Gasteiger partial charge on any atom is 0.255 e. The van der Waals surface area contributed by atoms with E-state index in [0.29, 0.717) is 41.0 Å². The zero-order valence-electron chi connectivity index (χ0n) is 26.7. The SMILES string of the molecule is Cc1n[nH]c2ccc(-c3ccc4ncc5ccc(=O)n(-c6ccc(-c7ccc(C(=O)N8CCN(C)CC8)cc7)c(CF)c6)c5c4c3)cc12. The second-order valence-electron chi connectivity index (χ2n) is 12.5. The van der Waals surface area contributed by atoms with Crippen molar-refractivity contribution in [1.82, 2.24) is 29.5 Å². The molecule has 8 rings (SSSR count). The van der Waals surface area contributed by atoms with Crippen molar-refractivity contribution < 1.29 is 9.18 Å². The molecule has 0 aliphatic carbocycles. The van der Waals surface area contributed by atoms with E-state index >= 15 is 0 Å². The topological polar surface area (TPSA) is 87.1 Å². The number of carbonyl (C=O) groups excluding carboxylic acids is 1. The fraction of sp³-hybridized carbons (Fsp3) is 0.179. The third kappa shape index (κ3) is 5.12. The summed E-state index contributed by atoms with van der Waals surface area (Å²) in [6, 6.07) is 28.3. The summed E-state index contributed by atoms with van der Waals surface area (Å²) < 4.78 is 16.4. The van der Waals surface area contributed by atoms with Gasteiger partial charge in [0.25, 0.3) is 11.5 Å². The lowest BCUT2D eigenvalue weighted by molar-refractivity contribution is 0.0664. The van der Waals surface area contributed by atoms with E-state index in [2.05, 4.69) is 39.3 Å². The number of piperazine rings is 1. The quantitative estimate of drug-likeness (QED) is 0.208. The summed E-state index contributed by atoms with van der Waals surface area (Å²) in [4.78, 5) is 35.4. The van der Waals surface area contributed by atoms with Crippen molar-refractivity contribution in [3.63, 3.8) is 0 Å². The molecule has 3 aromatic heterocycles. The molecule has 0 bridgehead atoms. The Hall–Kier alpha value is -5.67. The molecule has 4 heterocycles. The number of alkyl halides is 1. The van der Waals surface area contributed by atoms with Crippen molar-refractivity contribution in [1.29, 1.82) is 0 Å². The van der Waals surface area contributed by atoms with E-state index in [9.17, 15) is 14.0 Å². The fourth-order valence-corrected chi connectivity index (χ4v) is 6.77. The van der Waals surface area contributed by atoms with Gasteiger partial charge in [-0.05, 0) is 96.4 Å². The molecule has 1 aliphatic heterocycles. The lowest BCUT2D eigenvalue weighted by atomic mass is 9.98. The number of nitrogens with one attached hydrogen (secondary N) is 1. The Kier molecular flexibility index (Phi) is 7.33. The molecule has 1 fully saturated rings. The third-order valence-electron chi connectivity index (χ3n) is 9.53. The van der Waals surface area contributed by atoms with Crippen molar-refractivity contribution >= 4 is 38.6 Å². The summed E-state index contributed by atoms with van der Waals surface area (Å²) in [5.41, 5.74) is 8.30. The van der Waals surface area contributed by atoms with Crippen LogP contribution < -0.4 is 5.56 Å². The van der Waals surface area contributed by atoms with Crippen LogP contribution in [-0.4, -0.2) is 68.7 Å². The fourth-order valence-electron chi connectivity index (χ4n) is 6.77. The van der Waals surface area contributed by atoms with Gasteiger partial charge in [0.2, 0.25) is 0 Å². The number of halogens is 1. The summed E-state index contributed by atoms with van der Waals surface area (Å²) >= 11 is 0. The standard InChI is InChI=1S/C39H33FN6O2/c1-24-33-20-27(8-13-36(33)43-42-24)28-7-12-35-34(21-28)38-29(23-41-35)9-14-37(47)46(38)31-10-11-32(30(19-31)22-40)25-3-5-26(6-4-25)39(48)45-17-15-44(2)16-18-45/h3-14,19-21,23H,15-18,22H2,1-2H3,(H,42,43). The van der Waals surface area contributed by atoms with Crippen molar-refractivity contribution in [2.24, 2.45) is 0 Å². The largest absolute Gasteiger partial charge is 0.336 e. The van der Waals surface area contributed by atoms with Crippen molar-refractivity contribution in [2.75, 3.05) is 33.2 Å². The van der Waals surface area contributed by atoms with Crippen LogP contribution in [0.15, 0.2) is 102 Å². The van der Waals surface area contributed by atoms with Crippen LogP contribution in [0.1, 0.15) is 21.6 Å². The molecular formula is C39H33FN6O2. The minimum Gasteiger partial charge on any atom is -0.336 e. The molecule has 0 spiro atoms. The first-order chi connectivity index (χ1) is 23.4. The molecule has 0 saturated carbocycles. The highest BCUT2D eigenvalue weighted by Crippen LogP contribution is 2.33. The van der Waals surface area contributed by atoms with Crippen LogP contribution in [0.3, 0.4) is 0 Å². The summed E-state index contributed by atoms with van der Waals surface area (Å²) in [7, 11) is 2.06. The smallest absolute Gasteiger partial charge is 0.255 e. The normalized spacial score (nSPS) is 13.9. The van der Waals surface area contributed by atoms with Gasteiger partial charge in [0.05, 0.1) is 22.2 Å². The van der Waals surface area contributed by atoms with E-state index in [1.165, 1.54) is 6.07 Å². The molecule has 0 atom stereocenters. The Balaban J connectivity index is 1.20. The summed E-state index contributed by atoms with van der Waals surface area (Å²) in [5.74, 6) is 0.00746. The van der Waals surface area contributed by atoms with Gasteiger partial charge in [0, 0.05) is 65.9 Å². The number of fused-ring (bicyclic) bond motifs is 4. The number of carbonyl (C=O) groups is 1. The molecule has 1 amide bonds. The highest BCUT2D eigenvalue weighted by molar-refractivity contribution is 6.05. The Morgan fingerprint density at radius 3 is 2.33 bits per heavy atom. The number of pyridine rings is 2. The van der Waals surface area contributed by atoms with Crippen molar-refractivity contribution in [3.05, 3.63) is 124 Å². The van der Waals surface area contributed by atoms with Gasteiger partial charge in [-0.15, -0.1) is 0 Å². The second-order valence-corrected chi connectivity index (χ2v) is 12.5. The molecular weight excluding hydrogens is 603 g/mol. The van der Waals surface area contributed by atoms with E-state index in [1.54, 1.807) is 22.9 Å². The Labute approximate surface area is 276 Å². The number of aromatic nitrogens is 4. The highest BCUT2D eigenvalue weighted by atomic mass is 19.1. The molecule has 1 saturated heterocycles. The van der Waals surface area contributed by atoms with Gasteiger partial charge in [-0.1, -0.05) is 30.3 Å². The summed E-state index contributed by atoms with van der Waals surface area (Å²) in [6.45, 7) is 4.36. The number of rotatable bonds is 5. The first-order valence-corrected chi connectivity index (χ1v) is 16.0. The highest BCUT2D eigenvalue weighted by Gasteiger charge is 2.21. The zero-order chi connectivity index (χ0) is 32.9. The van der Waals surface area contributed by atoms with Crippen LogP contribution in [0.2, 0.25) is 0 Å². The van der Waals surface area contributed by atoms with Crippen molar-refractivity contribution in [3.8, 4) is 27.9 Å². The molecule has 7 aromatic rings. The van der Waals surface area contributed by atoms with Crippen LogP contribution in [0.5, 0.6) is 0 Å². The van der Waals surface area contributed by atoms with Crippen molar-refractivity contribution in [2.45, 2.75) is 13.6 Å². The second kappa shape index (κ2) is 11.8. The maximum atomic E-state index is 14.7. The maximum absolute atomic E-state index is 14.7. The first kappa shape index (κ1) is 29.7. The number of amides is 1. The molecule has 1 aliphatic rings. The van der Waals surface area contributed by atoms with Crippen LogP contribution in [0, 0.1) is 6.92 Å². The Bertz CT molecular complexity index is 2420. The van der Waals surface area contributed by atoms with Gasteiger partial charge in [0.15, 0.2) is 0 Å². The Morgan fingerprint density at radius 1 is 0.833 bits per heavy atom. The number of hydrogen-bond donors (Lipinski definition) is 1. The van der Waals surface area contributed by atoms with E-state index in [0.717, 1.165) is 62.7 Å². The molecule has 4 aromatic carbocycles. The number of hydrogen-bond acceptors (Lipinski definition) is 5. The number of likely N-dealkylation sites (N-methyl/N-ethyl adjacent to an activating group) is 1. The van der Waals surface area contributed by atoms with E-state index < -0.39 is 6.67 Å². The van der Waals surface area contributed by atoms with Crippen LogP contribution >= 0.6 is 0 Å². The van der Waals surface area contributed by atoms with Gasteiger partial charge in [-0.25, -0.2) is 4.39 Å². The van der Waals surface area contributed by atoms with Gasteiger partial charge in [-0.2, -0.15) is 5.10 Å². The van der Waals surface area contributed by atoms with Gasteiger partial charge in [0.1, 0.15) is 6.67 Å². The molecule has 238 valence electrons. The minimum absolute atomic E-state index is 0.00746. The minimum atomic E-state index is -0.715. The monoisotopic (exact) mass is 636 g/mol. The lowest BCUT2D eigenvalue weighted by Crippen LogP contribution is -2.47. The zero-order valence-corrected chi connectivity index (χ0v) is 26.7. The molecule has 0 unspecified atom stereocenters. The summed E-state index contributed by atoms with van der Waals surface area (Å²) in [6.07, 6.45) is 1.77. The number of aryl methyl sites for hydroxylation is 1. The van der Waals surface area contributed by atoms with E-state index in [-0.39, 0.29) is 11.5 Å². The molecule has 8 nitrogen and oxygen atoms in total. The predicted molar refractivity (Wildman–Crippen MR) is 188 cm³/mol. The molecule has 48 heavy (non-hydrogen) atoms. The molecule has 1 N–H and O–H groups in total. The first-order valence-electron chi connectivity index (χ1n) is 16.0. The van der Waals surface area contributed by atoms with Gasteiger partial charge in [-0.3, -0.25) is 24.2 Å². The third-order valence-corrected chi connectivity index (χ3v) is 9.53. The van der Waals surface area contributed by atoms with Crippen LogP contribution in [0.4, 0.5) is 4.39 Å².